The highest BCUT2D eigenvalue weighted by Gasteiger charge is 2.16. The van der Waals surface area contributed by atoms with Gasteiger partial charge in [0.25, 0.3) is 5.91 Å². The number of carbonyl (C=O) groups excluding carboxylic acids is 1. The van der Waals surface area contributed by atoms with E-state index in [9.17, 15) is 4.79 Å². The quantitative estimate of drug-likeness (QED) is 0.731. The molecule has 4 N–H and O–H groups in total. The number of nitrogen functional groups attached to an aromatic ring is 1. The molecule has 2 aromatic heterocycles. The maximum absolute atomic E-state index is 11.9. The van der Waals surface area contributed by atoms with Gasteiger partial charge in [0.05, 0.1) is 17.9 Å². The smallest absolute Gasteiger partial charge is 0.271 e. The normalized spacial score (nSPS) is 10.4. The van der Waals surface area contributed by atoms with Gasteiger partial charge in [0.15, 0.2) is 0 Å². The number of rotatable bonds is 5. The lowest BCUT2D eigenvalue weighted by Gasteiger charge is -2.03. The molecule has 1 amide bonds. The third-order valence-electron chi connectivity index (χ3n) is 2.62. The van der Waals surface area contributed by atoms with E-state index >= 15 is 0 Å². The van der Waals surface area contributed by atoms with Gasteiger partial charge in [-0.25, -0.2) is 9.97 Å². The minimum absolute atomic E-state index is 0.251. The van der Waals surface area contributed by atoms with Crippen LogP contribution in [0.3, 0.4) is 0 Å². The van der Waals surface area contributed by atoms with Crippen molar-refractivity contribution in [3.63, 3.8) is 0 Å². The molecule has 0 radical (unpaired) electrons. The SMILES string of the molecule is CCCc1n[nH]c(C(=O)NCc2ncccn2)c1N. The molecule has 2 aromatic rings. The first kappa shape index (κ1) is 13.0. The number of nitrogens with zero attached hydrogens (tertiary/aromatic N) is 3. The third-order valence-corrected chi connectivity index (χ3v) is 2.62. The summed E-state index contributed by atoms with van der Waals surface area (Å²) in [6, 6.07) is 1.72. The van der Waals surface area contributed by atoms with Crippen LogP contribution in [0.2, 0.25) is 0 Å². The van der Waals surface area contributed by atoms with Crippen molar-refractivity contribution < 1.29 is 4.79 Å². The van der Waals surface area contributed by atoms with Crippen molar-refractivity contribution in [1.29, 1.82) is 0 Å². The second kappa shape index (κ2) is 5.94. The van der Waals surface area contributed by atoms with Gasteiger partial charge in [-0.05, 0) is 12.5 Å². The largest absolute Gasteiger partial charge is 0.395 e. The van der Waals surface area contributed by atoms with Gasteiger partial charge in [0, 0.05) is 12.4 Å². The summed E-state index contributed by atoms with van der Waals surface area (Å²) in [5.41, 5.74) is 7.30. The Labute approximate surface area is 110 Å². The van der Waals surface area contributed by atoms with Gasteiger partial charge in [-0.15, -0.1) is 0 Å². The first-order chi connectivity index (χ1) is 9.22. The zero-order chi connectivity index (χ0) is 13.7. The maximum Gasteiger partial charge on any atom is 0.271 e. The monoisotopic (exact) mass is 260 g/mol. The molecular weight excluding hydrogens is 244 g/mol. The molecule has 100 valence electrons. The van der Waals surface area contributed by atoms with Gasteiger partial charge >= 0.3 is 0 Å². The van der Waals surface area contributed by atoms with Gasteiger partial charge in [-0.3, -0.25) is 9.89 Å². The van der Waals surface area contributed by atoms with Crippen molar-refractivity contribution in [2.45, 2.75) is 26.3 Å². The van der Waals surface area contributed by atoms with Crippen LogP contribution >= 0.6 is 0 Å². The number of nitrogens with two attached hydrogens (primary N) is 1. The molecule has 7 heteroatoms. The van der Waals surface area contributed by atoms with Crippen molar-refractivity contribution in [3.05, 3.63) is 35.7 Å². The van der Waals surface area contributed by atoms with Crippen LogP contribution in [0.1, 0.15) is 35.4 Å². The summed E-state index contributed by atoms with van der Waals surface area (Å²) < 4.78 is 0. The Balaban J connectivity index is 2.00. The number of anilines is 1. The molecule has 2 rings (SSSR count). The summed E-state index contributed by atoms with van der Waals surface area (Å²) in [6.07, 6.45) is 4.92. The molecule has 0 spiro atoms. The Bertz CT molecular complexity index is 551. The first-order valence-electron chi connectivity index (χ1n) is 6.09. The highest BCUT2D eigenvalue weighted by Crippen LogP contribution is 2.15. The molecule has 2 heterocycles. The molecule has 0 bridgehead atoms. The predicted octanol–water partition coefficient (Wildman–Crippen LogP) is 0.664. The molecule has 0 aromatic carbocycles. The molecule has 19 heavy (non-hydrogen) atoms. The second-order valence-electron chi connectivity index (χ2n) is 4.06. The fraction of sp³-hybridized carbons (Fsp3) is 0.333. The van der Waals surface area contributed by atoms with E-state index < -0.39 is 0 Å². The predicted molar refractivity (Wildman–Crippen MR) is 70.2 cm³/mol. The third kappa shape index (κ3) is 3.06. The van der Waals surface area contributed by atoms with E-state index in [1.807, 2.05) is 6.92 Å². The summed E-state index contributed by atoms with van der Waals surface area (Å²) in [5.74, 6) is 0.238. The Hall–Kier alpha value is -2.44. The van der Waals surface area contributed by atoms with Crippen LogP contribution in [-0.2, 0) is 13.0 Å². The van der Waals surface area contributed by atoms with Crippen molar-refractivity contribution >= 4 is 11.6 Å². The van der Waals surface area contributed by atoms with Crippen molar-refractivity contribution in [1.82, 2.24) is 25.5 Å². The minimum Gasteiger partial charge on any atom is -0.395 e. The summed E-state index contributed by atoms with van der Waals surface area (Å²) in [7, 11) is 0. The molecule has 0 saturated heterocycles. The number of nitrogens with one attached hydrogen (secondary N) is 2. The van der Waals surface area contributed by atoms with Crippen LogP contribution in [-0.4, -0.2) is 26.1 Å². The van der Waals surface area contributed by atoms with Gasteiger partial charge in [0.1, 0.15) is 11.5 Å². The maximum atomic E-state index is 11.9. The van der Waals surface area contributed by atoms with Crippen molar-refractivity contribution in [2.75, 3.05) is 5.73 Å². The van der Waals surface area contributed by atoms with E-state index in [2.05, 4.69) is 25.5 Å². The summed E-state index contributed by atoms with van der Waals surface area (Å²) in [6.45, 7) is 2.28. The molecule has 0 aliphatic carbocycles. The molecule has 0 fully saturated rings. The lowest BCUT2D eigenvalue weighted by molar-refractivity contribution is 0.0945. The average Bonchev–Trinajstić information content (AvgIpc) is 2.79. The highest BCUT2D eigenvalue weighted by atomic mass is 16.1. The molecule has 7 nitrogen and oxygen atoms in total. The summed E-state index contributed by atoms with van der Waals surface area (Å²) >= 11 is 0. The second-order valence-corrected chi connectivity index (χ2v) is 4.06. The van der Waals surface area contributed by atoms with Crippen LogP contribution in [0.15, 0.2) is 18.5 Å². The fourth-order valence-corrected chi connectivity index (χ4v) is 1.66. The van der Waals surface area contributed by atoms with Crippen LogP contribution in [0, 0.1) is 0 Å². The number of aryl methyl sites for hydroxylation is 1. The Kier molecular flexibility index (Phi) is 4.07. The van der Waals surface area contributed by atoms with E-state index in [1.54, 1.807) is 18.5 Å². The summed E-state index contributed by atoms with van der Waals surface area (Å²) in [5, 5.41) is 9.40. The summed E-state index contributed by atoms with van der Waals surface area (Å²) in [4.78, 5) is 20.0. The number of aromatic nitrogens is 4. The van der Waals surface area contributed by atoms with Gasteiger partial charge in [-0.1, -0.05) is 13.3 Å². The van der Waals surface area contributed by atoms with Crippen molar-refractivity contribution in [2.24, 2.45) is 0 Å². The van der Waals surface area contributed by atoms with E-state index in [1.165, 1.54) is 0 Å². The van der Waals surface area contributed by atoms with Crippen LogP contribution in [0.25, 0.3) is 0 Å². The van der Waals surface area contributed by atoms with E-state index in [0.29, 0.717) is 17.2 Å². The Morgan fingerprint density at radius 2 is 2.16 bits per heavy atom. The topological polar surface area (TPSA) is 110 Å². The highest BCUT2D eigenvalue weighted by molar-refractivity contribution is 5.97. The van der Waals surface area contributed by atoms with E-state index in [4.69, 9.17) is 5.73 Å². The molecule has 0 aliphatic heterocycles. The zero-order valence-electron chi connectivity index (χ0n) is 10.7. The standard InChI is InChI=1S/C12H16N6O/c1-2-4-8-10(13)11(18-17-8)12(19)16-7-9-14-5-3-6-15-9/h3,5-6H,2,4,7,13H2,1H3,(H,16,19)(H,17,18). The first-order valence-corrected chi connectivity index (χ1v) is 6.09. The zero-order valence-corrected chi connectivity index (χ0v) is 10.7. The number of hydrogen-bond donors (Lipinski definition) is 3. The van der Waals surface area contributed by atoms with Crippen LogP contribution in [0.5, 0.6) is 0 Å². The number of H-pyrrole nitrogens is 1. The minimum atomic E-state index is -0.306. The molecule has 0 atom stereocenters. The lowest BCUT2D eigenvalue weighted by atomic mass is 10.2. The van der Waals surface area contributed by atoms with E-state index in [-0.39, 0.29) is 12.5 Å². The number of hydrogen-bond acceptors (Lipinski definition) is 5. The Morgan fingerprint density at radius 1 is 1.42 bits per heavy atom. The fourth-order valence-electron chi connectivity index (χ4n) is 1.66. The van der Waals surface area contributed by atoms with Gasteiger partial charge < -0.3 is 11.1 Å². The van der Waals surface area contributed by atoms with Crippen LogP contribution in [0.4, 0.5) is 5.69 Å². The van der Waals surface area contributed by atoms with Crippen molar-refractivity contribution in [3.8, 4) is 0 Å². The Morgan fingerprint density at radius 3 is 2.84 bits per heavy atom. The van der Waals surface area contributed by atoms with Gasteiger partial charge in [-0.2, -0.15) is 5.10 Å². The van der Waals surface area contributed by atoms with Crippen LogP contribution < -0.4 is 11.1 Å². The van der Waals surface area contributed by atoms with E-state index in [0.717, 1.165) is 18.5 Å². The average molecular weight is 260 g/mol. The molecule has 0 aliphatic rings. The molecular formula is C12H16N6O. The molecule has 0 saturated carbocycles. The number of aromatic amines is 1. The lowest BCUT2D eigenvalue weighted by Crippen LogP contribution is -2.25. The number of carbonyl (C=O) groups is 1. The number of amides is 1. The molecule has 0 unspecified atom stereocenters. The van der Waals surface area contributed by atoms with Gasteiger partial charge in [0.2, 0.25) is 0 Å².